The van der Waals surface area contributed by atoms with Crippen LogP contribution in [0.4, 0.5) is 17.1 Å². The second kappa shape index (κ2) is 13.6. The molecule has 0 saturated heterocycles. The Morgan fingerprint density at radius 2 is 0.860 bits per heavy atom. The zero-order chi connectivity index (χ0) is 37.7. The zero-order valence-electron chi connectivity index (χ0n) is 31.2. The van der Waals surface area contributed by atoms with Gasteiger partial charge in [-0.15, -0.1) is 0 Å². The molecule has 0 unspecified atom stereocenters. The molecule has 0 aliphatic carbocycles. The highest BCUT2D eigenvalue weighted by molar-refractivity contribution is 6.25. The summed E-state index contributed by atoms with van der Waals surface area (Å²) >= 11 is 0. The Labute approximate surface area is 331 Å². The lowest BCUT2D eigenvalue weighted by Gasteiger charge is -2.28. The topological polar surface area (TPSA) is 16.1 Å². The first-order chi connectivity index (χ1) is 28.3. The van der Waals surface area contributed by atoms with Crippen LogP contribution in [0.2, 0.25) is 0 Å². The molecule has 0 N–H and O–H groups in total. The standard InChI is InChI=1S/C55H36N2/c1-2-16-39-34-43(30-29-37(39)14-1)57(42-20-11-18-40(35-42)41-19-13-33-56-36-41)53-32-31-52(45-22-5-6-23-46(45)53)55-50-26-9-7-24-48(50)54(49-25-8-10-27-51(49)55)47-28-12-17-38-15-3-4-21-44(38)47/h1-36H. The molecule has 266 valence electrons. The molecule has 0 saturated carbocycles. The molecule has 1 aromatic heterocycles. The van der Waals surface area contributed by atoms with Crippen LogP contribution in [0.15, 0.2) is 219 Å². The number of benzene rings is 10. The van der Waals surface area contributed by atoms with E-state index in [1.54, 1.807) is 0 Å². The highest BCUT2D eigenvalue weighted by atomic mass is 15.1. The Morgan fingerprint density at radius 1 is 0.316 bits per heavy atom. The van der Waals surface area contributed by atoms with E-state index in [0.29, 0.717) is 0 Å². The molecule has 0 spiro atoms. The van der Waals surface area contributed by atoms with Crippen LogP contribution in [0.1, 0.15) is 0 Å². The largest absolute Gasteiger partial charge is 0.310 e. The third-order valence-electron chi connectivity index (χ3n) is 11.5. The van der Waals surface area contributed by atoms with Gasteiger partial charge in [-0.3, -0.25) is 4.98 Å². The Hall–Kier alpha value is -7.55. The lowest BCUT2D eigenvalue weighted by molar-refractivity contribution is 1.30. The maximum atomic E-state index is 4.43. The van der Waals surface area contributed by atoms with Gasteiger partial charge in [0, 0.05) is 34.7 Å². The van der Waals surface area contributed by atoms with Crippen LogP contribution in [0.3, 0.4) is 0 Å². The van der Waals surface area contributed by atoms with Gasteiger partial charge in [-0.1, -0.05) is 170 Å². The summed E-state index contributed by atoms with van der Waals surface area (Å²) < 4.78 is 0. The number of hydrogen-bond acceptors (Lipinski definition) is 2. The van der Waals surface area contributed by atoms with Gasteiger partial charge >= 0.3 is 0 Å². The van der Waals surface area contributed by atoms with Crippen LogP contribution in [-0.2, 0) is 0 Å². The lowest BCUT2D eigenvalue weighted by atomic mass is 9.83. The number of fused-ring (bicyclic) bond motifs is 5. The number of rotatable bonds is 6. The first-order valence-corrected chi connectivity index (χ1v) is 19.5. The van der Waals surface area contributed by atoms with Gasteiger partial charge < -0.3 is 4.90 Å². The van der Waals surface area contributed by atoms with Gasteiger partial charge in [0.25, 0.3) is 0 Å². The first-order valence-electron chi connectivity index (χ1n) is 19.5. The van der Waals surface area contributed by atoms with Crippen molar-refractivity contribution in [2.45, 2.75) is 0 Å². The number of hydrogen-bond donors (Lipinski definition) is 0. The molecule has 0 aliphatic heterocycles. The molecule has 11 rings (SSSR count). The third-order valence-corrected chi connectivity index (χ3v) is 11.5. The smallest absolute Gasteiger partial charge is 0.0540 e. The van der Waals surface area contributed by atoms with Gasteiger partial charge in [0.2, 0.25) is 0 Å². The number of pyridine rings is 1. The minimum absolute atomic E-state index is 1.08. The van der Waals surface area contributed by atoms with Crippen molar-refractivity contribution in [1.82, 2.24) is 4.98 Å². The molecule has 0 radical (unpaired) electrons. The average molecular weight is 725 g/mol. The molecule has 0 amide bonds. The first kappa shape index (κ1) is 32.8. The quantitative estimate of drug-likeness (QED) is 0.159. The monoisotopic (exact) mass is 724 g/mol. The van der Waals surface area contributed by atoms with Crippen molar-refractivity contribution in [3.63, 3.8) is 0 Å². The van der Waals surface area contributed by atoms with E-state index in [-0.39, 0.29) is 0 Å². The van der Waals surface area contributed by atoms with E-state index in [2.05, 4.69) is 210 Å². The summed E-state index contributed by atoms with van der Waals surface area (Å²) in [5.41, 5.74) is 10.5. The lowest BCUT2D eigenvalue weighted by Crippen LogP contribution is -2.11. The van der Waals surface area contributed by atoms with E-state index >= 15 is 0 Å². The summed E-state index contributed by atoms with van der Waals surface area (Å²) in [5, 5.41) is 12.3. The predicted molar refractivity (Wildman–Crippen MR) is 243 cm³/mol. The Kier molecular flexibility index (Phi) is 7.86. The van der Waals surface area contributed by atoms with Crippen molar-refractivity contribution in [2.24, 2.45) is 0 Å². The van der Waals surface area contributed by atoms with E-state index < -0.39 is 0 Å². The van der Waals surface area contributed by atoms with Crippen molar-refractivity contribution < 1.29 is 0 Å². The van der Waals surface area contributed by atoms with Crippen molar-refractivity contribution in [3.8, 4) is 33.4 Å². The summed E-state index contributed by atoms with van der Waals surface area (Å²) in [6.45, 7) is 0. The number of anilines is 3. The highest BCUT2D eigenvalue weighted by Crippen LogP contribution is 2.49. The summed E-state index contributed by atoms with van der Waals surface area (Å²) in [4.78, 5) is 6.85. The molecule has 0 atom stereocenters. The fraction of sp³-hybridized carbons (Fsp3) is 0. The average Bonchev–Trinajstić information content (AvgIpc) is 3.29. The van der Waals surface area contributed by atoms with Crippen molar-refractivity contribution in [1.29, 1.82) is 0 Å². The maximum absolute atomic E-state index is 4.43. The van der Waals surface area contributed by atoms with E-state index in [1.807, 2.05) is 18.5 Å². The fourth-order valence-electron chi connectivity index (χ4n) is 8.95. The van der Waals surface area contributed by atoms with Gasteiger partial charge in [-0.05, 0) is 113 Å². The van der Waals surface area contributed by atoms with Crippen molar-refractivity contribution in [2.75, 3.05) is 4.90 Å². The summed E-state index contributed by atoms with van der Waals surface area (Å²) in [6.07, 6.45) is 3.76. The summed E-state index contributed by atoms with van der Waals surface area (Å²) in [5.74, 6) is 0. The zero-order valence-corrected chi connectivity index (χ0v) is 31.2. The SMILES string of the molecule is c1cncc(-c2cccc(N(c3ccc4ccccc4c3)c3ccc(-c4c5ccccc5c(-c5cccc6ccccc56)c5ccccc45)c4ccccc34)c2)c1. The van der Waals surface area contributed by atoms with E-state index in [0.717, 1.165) is 28.2 Å². The van der Waals surface area contributed by atoms with Crippen LogP contribution < -0.4 is 4.90 Å². The van der Waals surface area contributed by atoms with Crippen LogP contribution >= 0.6 is 0 Å². The Morgan fingerprint density at radius 3 is 1.56 bits per heavy atom. The van der Waals surface area contributed by atoms with Crippen LogP contribution in [-0.4, -0.2) is 4.98 Å². The molecule has 0 bridgehead atoms. The van der Waals surface area contributed by atoms with Gasteiger partial charge in [0.1, 0.15) is 0 Å². The highest BCUT2D eigenvalue weighted by Gasteiger charge is 2.22. The normalized spacial score (nSPS) is 11.5. The predicted octanol–water partition coefficient (Wildman–Crippen LogP) is 15.3. The molecule has 11 aromatic rings. The molecule has 0 fully saturated rings. The fourth-order valence-corrected chi connectivity index (χ4v) is 8.95. The van der Waals surface area contributed by atoms with Crippen molar-refractivity contribution in [3.05, 3.63) is 219 Å². The summed E-state index contributed by atoms with van der Waals surface area (Å²) in [6, 6.07) is 75.2. The van der Waals surface area contributed by atoms with Crippen LogP contribution in [0, 0.1) is 0 Å². The minimum atomic E-state index is 1.08. The van der Waals surface area contributed by atoms with Crippen LogP contribution in [0.5, 0.6) is 0 Å². The van der Waals surface area contributed by atoms with Gasteiger partial charge in [0.15, 0.2) is 0 Å². The van der Waals surface area contributed by atoms with E-state index in [9.17, 15) is 0 Å². The Balaban J connectivity index is 1.18. The van der Waals surface area contributed by atoms with Gasteiger partial charge in [0.05, 0.1) is 5.69 Å². The minimum Gasteiger partial charge on any atom is -0.310 e. The molecule has 0 aliphatic rings. The second-order valence-electron chi connectivity index (χ2n) is 14.7. The van der Waals surface area contributed by atoms with Gasteiger partial charge in [-0.25, -0.2) is 0 Å². The molecular weight excluding hydrogens is 689 g/mol. The molecule has 2 heteroatoms. The summed E-state index contributed by atoms with van der Waals surface area (Å²) in [7, 11) is 0. The van der Waals surface area contributed by atoms with Crippen molar-refractivity contribution >= 4 is 70.9 Å². The molecular formula is C55H36N2. The third kappa shape index (κ3) is 5.53. The molecule has 1 heterocycles. The second-order valence-corrected chi connectivity index (χ2v) is 14.7. The number of nitrogens with zero attached hydrogens (tertiary/aromatic N) is 2. The van der Waals surface area contributed by atoms with E-state index in [1.165, 1.54) is 76.1 Å². The molecule has 57 heavy (non-hydrogen) atoms. The maximum Gasteiger partial charge on any atom is 0.0540 e. The van der Waals surface area contributed by atoms with Crippen LogP contribution in [0.25, 0.3) is 87.2 Å². The van der Waals surface area contributed by atoms with Gasteiger partial charge in [-0.2, -0.15) is 0 Å². The Bertz CT molecular complexity index is 3250. The number of aromatic nitrogens is 1. The molecule has 10 aromatic carbocycles. The van der Waals surface area contributed by atoms with E-state index in [4.69, 9.17) is 0 Å². The molecule has 2 nitrogen and oxygen atoms in total.